The fourth-order valence-electron chi connectivity index (χ4n) is 3.93. The number of fused-ring (bicyclic) bond motifs is 3. The van der Waals surface area contributed by atoms with Crippen LogP contribution in [0.15, 0.2) is 66.0 Å². The molecular formula is C23H21NO4S. The van der Waals surface area contributed by atoms with Gasteiger partial charge in [0.05, 0.1) is 0 Å². The van der Waals surface area contributed by atoms with Gasteiger partial charge in [0.15, 0.2) is 5.92 Å². The van der Waals surface area contributed by atoms with E-state index in [1.54, 1.807) is 0 Å². The normalized spacial score (nSPS) is 14.7. The van der Waals surface area contributed by atoms with E-state index in [2.05, 4.69) is 0 Å². The third-order valence-corrected chi connectivity index (χ3v) is 6.22. The summed E-state index contributed by atoms with van der Waals surface area (Å²) in [5, 5.41) is 11.5. The highest BCUT2D eigenvalue weighted by atomic mass is 32.1. The number of hydrogen-bond donors (Lipinski definition) is 2. The summed E-state index contributed by atoms with van der Waals surface area (Å²) in [7, 11) is 0. The standard InChI is InChI=1S/C23H21NO4S/c24-20(12-14-6-5-11-29-14)21(22(25)26)23(27)28-13-19-17-9-3-1-7-15(17)16-8-2-4-10-18(16)19/h1-11,19-21H,12-13,24H2,(H,25,26)/t20-,21-/m0/s1. The van der Waals surface area contributed by atoms with Crippen molar-refractivity contribution in [3.8, 4) is 11.1 Å². The van der Waals surface area contributed by atoms with Crippen molar-refractivity contribution in [3.63, 3.8) is 0 Å². The number of esters is 1. The van der Waals surface area contributed by atoms with Gasteiger partial charge in [-0.3, -0.25) is 9.59 Å². The maximum atomic E-state index is 12.7. The molecule has 0 saturated heterocycles. The van der Waals surface area contributed by atoms with Gasteiger partial charge in [-0.1, -0.05) is 54.6 Å². The van der Waals surface area contributed by atoms with Crippen LogP contribution in [0.2, 0.25) is 0 Å². The average molecular weight is 407 g/mol. The van der Waals surface area contributed by atoms with Gasteiger partial charge in [0.1, 0.15) is 6.61 Å². The van der Waals surface area contributed by atoms with Crippen LogP contribution in [0.5, 0.6) is 0 Å². The first-order valence-electron chi connectivity index (χ1n) is 9.42. The lowest BCUT2D eigenvalue weighted by molar-refractivity contribution is -0.159. The Morgan fingerprint density at radius 1 is 1.00 bits per heavy atom. The van der Waals surface area contributed by atoms with E-state index in [4.69, 9.17) is 10.5 Å². The Kier molecular flexibility index (Phi) is 5.47. The number of aliphatic carboxylic acids is 1. The minimum Gasteiger partial charge on any atom is -0.481 e. The zero-order chi connectivity index (χ0) is 20.4. The molecule has 0 fully saturated rings. The van der Waals surface area contributed by atoms with Crippen molar-refractivity contribution in [3.05, 3.63) is 82.0 Å². The van der Waals surface area contributed by atoms with E-state index in [0.29, 0.717) is 6.42 Å². The highest BCUT2D eigenvalue weighted by molar-refractivity contribution is 7.09. The van der Waals surface area contributed by atoms with Crippen LogP contribution in [0.1, 0.15) is 21.9 Å². The Labute approximate surface area is 172 Å². The van der Waals surface area contributed by atoms with E-state index in [1.807, 2.05) is 66.0 Å². The van der Waals surface area contributed by atoms with Crippen molar-refractivity contribution in [2.75, 3.05) is 6.61 Å². The topological polar surface area (TPSA) is 89.6 Å². The predicted octanol–water partition coefficient (Wildman–Crippen LogP) is 3.67. The number of benzene rings is 2. The molecule has 1 heterocycles. The third-order valence-electron chi connectivity index (χ3n) is 5.32. The summed E-state index contributed by atoms with van der Waals surface area (Å²) in [4.78, 5) is 25.3. The second-order valence-electron chi connectivity index (χ2n) is 7.12. The molecule has 0 amide bonds. The Morgan fingerprint density at radius 2 is 1.62 bits per heavy atom. The van der Waals surface area contributed by atoms with Gasteiger partial charge in [-0.2, -0.15) is 0 Å². The Bertz CT molecular complexity index is 985. The van der Waals surface area contributed by atoms with Crippen LogP contribution in [0.4, 0.5) is 0 Å². The highest BCUT2D eigenvalue weighted by Gasteiger charge is 2.36. The van der Waals surface area contributed by atoms with Crippen molar-refractivity contribution in [2.45, 2.75) is 18.4 Å². The molecular weight excluding hydrogens is 386 g/mol. The third kappa shape index (κ3) is 3.81. The first-order chi connectivity index (χ1) is 14.1. The summed E-state index contributed by atoms with van der Waals surface area (Å²) in [6.07, 6.45) is 0.318. The largest absolute Gasteiger partial charge is 0.481 e. The number of carboxylic acid groups (broad SMARTS) is 1. The minimum absolute atomic E-state index is 0.0857. The predicted molar refractivity (Wildman–Crippen MR) is 112 cm³/mol. The zero-order valence-corrected chi connectivity index (χ0v) is 16.5. The van der Waals surface area contributed by atoms with Crippen molar-refractivity contribution < 1.29 is 19.4 Å². The molecule has 0 radical (unpaired) electrons. The Morgan fingerprint density at radius 3 is 2.17 bits per heavy atom. The van der Waals surface area contributed by atoms with E-state index in [-0.39, 0.29) is 12.5 Å². The molecule has 29 heavy (non-hydrogen) atoms. The SMILES string of the molecule is N[C@@H](Cc1cccs1)[C@@H](C(=O)O)C(=O)OCC1c2ccccc2-c2ccccc21. The summed E-state index contributed by atoms with van der Waals surface area (Å²) in [6.45, 7) is 0.0857. The molecule has 6 heteroatoms. The number of ether oxygens (including phenoxy) is 1. The molecule has 4 rings (SSSR count). The maximum Gasteiger partial charge on any atom is 0.321 e. The first kappa shape index (κ1) is 19.4. The lowest BCUT2D eigenvalue weighted by atomic mass is 9.96. The molecule has 0 aliphatic heterocycles. The molecule has 1 aromatic heterocycles. The van der Waals surface area contributed by atoms with E-state index < -0.39 is 23.9 Å². The molecule has 2 atom stereocenters. The van der Waals surface area contributed by atoms with Crippen LogP contribution in [-0.4, -0.2) is 29.7 Å². The molecule has 1 aliphatic rings. The number of nitrogens with two attached hydrogens (primary N) is 1. The smallest absolute Gasteiger partial charge is 0.321 e. The summed E-state index contributed by atoms with van der Waals surface area (Å²) in [5.74, 6) is -3.56. The fraction of sp³-hybridized carbons (Fsp3) is 0.217. The van der Waals surface area contributed by atoms with Crippen LogP contribution >= 0.6 is 11.3 Å². The highest BCUT2D eigenvalue weighted by Crippen LogP contribution is 2.44. The summed E-state index contributed by atoms with van der Waals surface area (Å²) >= 11 is 1.49. The Hall–Kier alpha value is -2.96. The number of carboxylic acids is 1. The van der Waals surface area contributed by atoms with Crippen LogP contribution in [0.25, 0.3) is 11.1 Å². The van der Waals surface area contributed by atoms with Crippen LogP contribution in [0.3, 0.4) is 0 Å². The lowest BCUT2D eigenvalue weighted by Crippen LogP contribution is -2.43. The summed E-state index contributed by atoms with van der Waals surface area (Å²) < 4.78 is 5.51. The van der Waals surface area contributed by atoms with Gasteiger partial charge >= 0.3 is 11.9 Å². The quantitative estimate of drug-likeness (QED) is 0.461. The van der Waals surface area contributed by atoms with Gasteiger partial charge in [0.2, 0.25) is 0 Å². The van der Waals surface area contributed by atoms with Crippen molar-refractivity contribution in [2.24, 2.45) is 11.7 Å². The van der Waals surface area contributed by atoms with E-state index in [0.717, 1.165) is 27.1 Å². The van der Waals surface area contributed by atoms with Gasteiger partial charge in [-0.15, -0.1) is 11.3 Å². The summed E-state index contributed by atoms with van der Waals surface area (Å²) in [6, 6.07) is 18.9. The molecule has 148 valence electrons. The minimum atomic E-state index is -1.40. The van der Waals surface area contributed by atoms with Crippen molar-refractivity contribution >= 4 is 23.3 Å². The van der Waals surface area contributed by atoms with Crippen LogP contribution < -0.4 is 5.73 Å². The van der Waals surface area contributed by atoms with Crippen molar-refractivity contribution in [1.29, 1.82) is 0 Å². The molecule has 3 aromatic rings. The number of rotatable bonds is 7. The van der Waals surface area contributed by atoms with Crippen molar-refractivity contribution in [1.82, 2.24) is 0 Å². The number of hydrogen-bond acceptors (Lipinski definition) is 5. The first-order valence-corrected chi connectivity index (χ1v) is 10.3. The van der Waals surface area contributed by atoms with Gasteiger partial charge in [0, 0.05) is 16.8 Å². The molecule has 0 saturated carbocycles. The molecule has 2 aromatic carbocycles. The second kappa shape index (κ2) is 8.19. The molecule has 3 N–H and O–H groups in total. The van der Waals surface area contributed by atoms with Gasteiger partial charge in [-0.05, 0) is 40.1 Å². The van der Waals surface area contributed by atoms with Crippen LogP contribution in [0, 0.1) is 5.92 Å². The monoisotopic (exact) mass is 407 g/mol. The van der Waals surface area contributed by atoms with Crippen LogP contribution in [-0.2, 0) is 20.7 Å². The van der Waals surface area contributed by atoms with E-state index in [1.165, 1.54) is 11.3 Å². The zero-order valence-electron chi connectivity index (χ0n) is 15.7. The maximum absolute atomic E-state index is 12.7. The second-order valence-corrected chi connectivity index (χ2v) is 8.15. The van der Waals surface area contributed by atoms with Gasteiger partial charge < -0.3 is 15.6 Å². The number of carbonyl (C=O) groups is 2. The molecule has 0 spiro atoms. The molecule has 5 nitrogen and oxygen atoms in total. The average Bonchev–Trinajstić information content (AvgIpc) is 3.32. The fourth-order valence-corrected chi connectivity index (χ4v) is 4.71. The molecule has 0 bridgehead atoms. The number of carbonyl (C=O) groups excluding carboxylic acids is 1. The molecule has 1 aliphatic carbocycles. The van der Waals surface area contributed by atoms with E-state index in [9.17, 15) is 14.7 Å². The summed E-state index contributed by atoms with van der Waals surface area (Å²) in [5.41, 5.74) is 10.5. The van der Waals surface area contributed by atoms with E-state index >= 15 is 0 Å². The van der Waals surface area contributed by atoms with Gasteiger partial charge in [0.25, 0.3) is 0 Å². The Balaban J connectivity index is 1.50. The number of thiophene rings is 1. The molecule has 0 unspecified atom stereocenters. The lowest BCUT2D eigenvalue weighted by Gasteiger charge is -2.20. The van der Waals surface area contributed by atoms with Gasteiger partial charge in [-0.25, -0.2) is 0 Å².